The second kappa shape index (κ2) is 9.41. The smallest absolute Gasteiger partial charge is 0.308 e. The van der Waals surface area contributed by atoms with E-state index in [1.54, 1.807) is 13.0 Å². The Balaban J connectivity index is 2.55. The number of thiocarbonyl (C=S) groups is 1. The van der Waals surface area contributed by atoms with E-state index < -0.39 is 22.0 Å². The predicted octanol–water partition coefficient (Wildman–Crippen LogP) is 5.47. The van der Waals surface area contributed by atoms with Crippen molar-refractivity contribution in [3.63, 3.8) is 0 Å². The molecule has 2 rings (SSSR count). The number of carboxylic acid groups (broad SMARTS) is 1. The number of hydrogen-bond donors (Lipinski definition) is 1. The van der Waals surface area contributed by atoms with Gasteiger partial charge in [0.2, 0.25) is 0 Å². The molecule has 2 aromatic carbocycles. The van der Waals surface area contributed by atoms with E-state index in [4.69, 9.17) is 52.1 Å². The molecule has 0 aliphatic carbocycles. The third-order valence-electron chi connectivity index (χ3n) is 3.79. The Morgan fingerprint density at radius 3 is 2.25 bits per heavy atom. The number of nitrogens with zero attached hydrogens (tertiary/aromatic N) is 1. The molecule has 0 fully saturated rings. The molecule has 2 aromatic rings. The number of aliphatic carboxylic acids is 1. The average Bonchev–Trinajstić information content (AvgIpc) is 2.57. The Morgan fingerprint density at radius 2 is 1.68 bits per heavy atom. The summed E-state index contributed by atoms with van der Waals surface area (Å²) in [5.74, 6) is -1.08. The first kappa shape index (κ1) is 22.9. The summed E-state index contributed by atoms with van der Waals surface area (Å²) < 4.78 is 27.9. The molecule has 0 spiro atoms. The van der Waals surface area contributed by atoms with Crippen LogP contribution < -0.4 is 4.31 Å². The third-order valence-corrected chi connectivity index (χ3v) is 6.85. The number of anilines is 1. The Morgan fingerprint density at radius 1 is 1.11 bits per heavy atom. The maximum Gasteiger partial charge on any atom is 0.308 e. The van der Waals surface area contributed by atoms with E-state index in [0.717, 1.165) is 4.31 Å². The van der Waals surface area contributed by atoms with Crippen LogP contribution in [0.5, 0.6) is 0 Å². The second-order valence-corrected chi connectivity index (χ2v) is 9.69. The number of sulfonamides is 1. The summed E-state index contributed by atoms with van der Waals surface area (Å²) in [5.41, 5.74) is 0.176. The van der Waals surface area contributed by atoms with Gasteiger partial charge in [-0.2, -0.15) is 0 Å². The van der Waals surface area contributed by atoms with Gasteiger partial charge in [0.1, 0.15) is 0 Å². The molecule has 0 unspecified atom stereocenters. The van der Waals surface area contributed by atoms with Gasteiger partial charge in [-0.15, -0.1) is 0 Å². The maximum absolute atomic E-state index is 13.4. The minimum Gasteiger partial charge on any atom is -0.481 e. The molecule has 10 heteroatoms. The Hall–Kier alpha value is -1.38. The fraction of sp³-hybridized carbons (Fsp3) is 0.222. The van der Waals surface area contributed by atoms with Crippen molar-refractivity contribution in [1.29, 1.82) is 0 Å². The highest BCUT2D eigenvalue weighted by molar-refractivity contribution is 7.92. The topological polar surface area (TPSA) is 74.7 Å². The van der Waals surface area contributed by atoms with Gasteiger partial charge in [-0.05, 0) is 49.4 Å². The molecule has 0 aromatic heterocycles. The van der Waals surface area contributed by atoms with Gasteiger partial charge in [-0.1, -0.05) is 47.0 Å². The van der Waals surface area contributed by atoms with Crippen LogP contribution in [-0.2, 0) is 14.8 Å². The molecule has 0 heterocycles. The minimum atomic E-state index is -4.06. The molecule has 1 N–H and O–H groups in total. The van der Waals surface area contributed by atoms with Crippen molar-refractivity contribution < 1.29 is 18.3 Å². The quantitative estimate of drug-likeness (QED) is 0.507. The number of rotatable bonds is 8. The van der Waals surface area contributed by atoms with Crippen LogP contribution in [0.2, 0.25) is 15.1 Å². The number of hydrogen-bond acceptors (Lipinski definition) is 4. The van der Waals surface area contributed by atoms with Gasteiger partial charge < -0.3 is 5.11 Å². The van der Waals surface area contributed by atoms with Gasteiger partial charge in [0.05, 0.1) is 22.0 Å². The Kier molecular flexibility index (Phi) is 7.70. The van der Waals surface area contributed by atoms with E-state index in [1.165, 1.54) is 36.4 Å². The van der Waals surface area contributed by atoms with Gasteiger partial charge in [-0.25, -0.2) is 8.42 Å². The number of halogens is 3. The summed E-state index contributed by atoms with van der Waals surface area (Å²) >= 11 is 23.3. The van der Waals surface area contributed by atoms with Crippen LogP contribution in [0.4, 0.5) is 5.69 Å². The first-order valence-corrected chi connectivity index (χ1v) is 11.0. The fourth-order valence-corrected chi connectivity index (χ4v) is 5.21. The highest BCUT2D eigenvalue weighted by Gasteiger charge is 2.32. The van der Waals surface area contributed by atoms with Gasteiger partial charge in [0.15, 0.2) is 0 Å². The first-order chi connectivity index (χ1) is 13.0. The first-order valence-electron chi connectivity index (χ1n) is 8.01. The van der Waals surface area contributed by atoms with Crippen molar-refractivity contribution in [2.24, 2.45) is 0 Å². The fourth-order valence-electron chi connectivity index (χ4n) is 2.63. The number of carboxylic acids is 1. The summed E-state index contributed by atoms with van der Waals surface area (Å²) in [6.07, 6.45) is -0.283. The predicted molar refractivity (Wildman–Crippen MR) is 117 cm³/mol. The van der Waals surface area contributed by atoms with Crippen LogP contribution >= 0.6 is 47.0 Å². The zero-order valence-electron chi connectivity index (χ0n) is 14.6. The molecule has 0 aliphatic rings. The van der Waals surface area contributed by atoms with Crippen molar-refractivity contribution in [2.75, 3.05) is 4.31 Å². The summed E-state index contributed by atoms with van der Waals surface area (Å²) in [6, 6.07) is 9.46. The lowest BCUT2D eigenvalue weighted by Crippen LogP contribution is -2.40. The summed E-state index contributed by atoms with van der Waals surface area (Å²) in [4.78, 5) is 11.1. The molecule has 0 saturated heterocycles. The standard InChI is InChI=1S/C18H16Cl3NO4S2/c1-11(8-14(27)10-18(23)24)22(17-9-13(20)4-7-16(17)21)28(25,26)15-5-2-12(19)3-6-15/h2-7,9,11H,8,10H2,1H3,(H,23,24)/t11-/m1/s1. The van der Waals surface area contributed by atoms with Gasteiger partial charge in [0.25, 0.3) is 10.0 Å². The van der Waals surface area contributed by atoms with E-state index in [2.05, 4.69) is 0 Å². The van der Waals surface area contributed by atoms with E-state index in [9.17, 15) is 13.2 Å². The highest BCUT2D eigenvalue weighted by atomic mass is 35.5. The third kappa shape index (κ3) is 5.58. The van der Waals surface area contributed by atoms with Crippen molar-refractivity contribution in [3.8, 4) is 0 Å². The van der Waals surface area contributed by atoms with Crippen LogP contribution in [-0.4, -0.2) is 30.4 Å². The zero-order valence-corrected chi connectivity index (χ0v) is 18.5. The van der Waals surface area contributed by atoms with Crippen molar-refractivity contribution >= 4 is 73.6 Å². The van der Waals surface area contributed by atoms with Crippen molar-refractivity contribution in [3.05, 3.63) is 57.5 Å². The molecule has 28 heavy (non-hydrogen) atoms. The molecule has 0 saturated carbocycles. The largest absolute Gasteiger partial charge is 0.481 e. The van der Waals surface area contributed by atoms with Crippen molar-refractivity contribution in [2.45, 2.75) is 30.7 Å². The van der Waals surface area contributed by atoms with Gasteiger partial charge in [0, 0.05) is 27.4 Å². The minimum absolute atomic E-state index is 0.00365. The van der Waals surface area contributed by atoms with Crippen molar-refractivity contribution in [1.82, 2.24) is 0 Å². The lowest BCUT2D eigenvalue weighted by molar-refractivity contribution is -0.135. The zero-order chi connectivity index (χ0) is 21.1. The monoisotopic (exact) mass is 479 g/mol. The molecule has 5 nitrogen and oxygen atoms in total. The molecular formula is C18H16Cl3NO4S2. The Labute approximate surface area is 183 Å². The molecule has 1 atom stereocenters. The van der Waals surface area contributed by atoms with Crippen LogP contribution in [0.1, 0.15) is 19.8 Å². The highest BCUT2D eigenvalue weighted by Crippen LogP contribution is 2.35. The summed E-state index contributed by atoms with van der Waals surface area (Å²) in [6.45, 7) is 1.62. The molecule has 0 bridgehead atoms. The lowest BCUT2D eigenvalue weighted by atomic mass is 10.1. The van der Waals surface area contributed by atoms with E-state index >= 15 is 0 Å². The van der Waals surface area contributed by atoms with Crippen LogP contribution in [0.25, 0.3) is 0 Å². The Bertz CT molecular complexity index is 994. The van der Waals surface area contributed by atoms with Gasteiger partial charge in [-0.3, -0.25) is 9.10 Å². The van der Waals surface area contributed by atoms with E-state index in [1.807, 2.05) is 0 Å². The van der Waals surface area contributed by atoms with Crippen LogP contribution in [0, 0.1) is 0 Å². The average molecular weight is 481 g/mol. The van der Waals surface area contributed by atoms with E-state index in [-0.39, 0.29) is 33.3 Å². The molecule has 0 aliphatic heterocycles. The number of carbonyl (C=O) groups is 1. The second-order valence-electron chi connectivity index (χ2n) is 6.01. The lowest BCUT2D eigenvalue weighted by Gasteiger charge is -2.31. The molecule has 0 radical (unpaired) electrons. The van der Waals surface area contributed by atoms with Crippen LogP contribution in [0.3, 0.4) is 0 Å². The summed E-state index contributed by atoms with van der Waals surface area (Å²) in [5, 5.41) is 9.80. The molecule has 150 valence electrons. The molecule has 0 amide bonds. The molecular weight excluding hydrogens is 465 g/mol. The normalized spacial score (nSPS) is 12.4. The van der Waals surface area contributed by atoms with Crippen LogP contribution in [0.15, 0.2) is 47.4 Å². The SMILES string of the molecule is C[C@H](CC(=S)CC(=O)O)N(c1cc(Cl)ccc1Cl)S(=O)(=O)c1ccc(Cl)cc1. The maximum atomic E-state index is 13.4. The number of benzene rings is 2. The van der Waals surface area contributed by atoms with Gasteiger partial charge >= 0.3 is 5.97 Å². The van der Waals surface area contributed by atoms with E-state index in [0.29, 0.717) is 10.0 Å². The summed E-state index contributed by atoms with van der Waals surface area (Å²) in [7, 11) is -4.06.